The Morgan fingerprint density at radius 3 is 2.10 bits per heavy atom. The van der Waals surface area contributed by atoms with Crippen molar-refractivity contribution in [2.24, 2.45) is 5.16 Å². The Hall–Kier alpha value is -3.73. The molecule has 0 unspecified atom stereocenters. The second-order valence-corrected chi connectivity index (χ2v) is 7.67. The van der Waals surface area contributed by atoms with Crippen LogP contribution in [0.25, 0.3) is 21.8 Å². The highest BCUT2D eigenvalue weighted by Gasteiger charge is 2.15. The van der Waals surface area contributed by atoms with Gasteiger partial charge in [-0.15, -0.1) is 0 Å². The SMILES string of the molecule is CCn1c2ccc(C(=O)c3cccc(C)c3)cc2c2cc(/C(C)=N/OC(C)=O)ccc21. The summed E-state index contributed by atoms with van der Waals surface area (Å²) in [5.74, 6) is -0.450. The lowest BCUT2D eigenvalue weighted by Crippen LogP contribution is -2.01. The molecule has 156 valence electrons. The maximum Gasteiger partial charge on any atom is 0.331 e. The van der Waals surface area contributed by atoms with Gasteiger partial charge in [0.2, 0.25) is 0 Å². The highest BCUT2D eigenvalue weighted by Crippen LogP contribution is 2.31. The van der Waals surface area contributed by atoms with Gasteiger partial charge in [0.15, 0.2) is 5.78 Å². The van der Waals surface area contributed by atoms with E-state index < -0.39 is 5.97 Å². The number of aryl methyl sites for hydroxylation is 2. The molecule has 4 aromatic rings. The molecule has 5 nitrogen and oxygen atoms in total. The first-order chi connectivity index (χ1) is 14.9. The molecule has 31 heavy (non-hydrogen) atoms. The first kappa shape index (κ1) is 20.5. The van der Waals surface area contributed by atoms with Crippen LogP contribution in [0.4, 0.5) is 0 Å². The Morgan fingerprint density at radius 2 is 1.48 bits per heavy atom. The fourth-order valence-corrected chi connectivity index (χ4v) is 3.95. The van der Waals surface area contributed by atoms with E-state index in [1.807, 2.05) is 67.6 Å². The van der Waals surface area contributed by atoms with E-state index in [4.69, 9.17) is 4.84 Å². The number of hydrogen-bond acceptors (Lipinski definition) is 4. The van der Waals surface area contributed by atoms with E-state index in [-0.39, 0.29) is 5.78 Å². The van der Waals surface area contributed by atoms with Gasteiger partial charge in [-0.25, -0.2) is 4.79 Å². The number of rotatable bonds is 5. The van der Waals surface area contributed by atoms with Crippen molar-refractivity contribution in [3.63, 3.8) is 0 Å². The molecule has 0 aliphatic rings. The molecule has 3 aromatic carbocycles. The van der Waals surface area contributed by atoms with Crippen LogP contribution >= 0.6 is 0 Å². The Kier molecular flexibility index (Phi) is 5.42. The van der Waals surface area contributed by atoms with Crippen molar-refractivity contribution in [3.05, 3.63) is 82.9 Å². The molecular weight excluding hydrogens is 388 g/mol. The van der Waals surface area contributed by atoms with Gasteiger partial charge in [-0.2, -0.15) is 0 Å². The first-order valence-electron chi connectivity index (χ1n) is 10.3. The van der Waals surface area contributed by atoms with Crippen LogP contribution in [0.5, 0.6) is 0 Å². The number of benzene rings is 3. The van der Waals surface area contributed by atoms with Crippen LogP contribution in [0.2, 0.25) is 0 Å². The van der Waals surface area contributed by atoms with Gasteiger partial charge < -0.3 is 9.40 Å². The molecule has 0 bridgehead atoms. The lowest BCUT2D eigenvalue weighted by Gasteiger charge is -2.05. The third-order valence-corrected chi connectivity index (χ3v) is 5.45. The summed E-state index contributed by atoms with van der Waals surface area (Å²) >= 11 is 0. The quantitative estimate of drug-likeness (QED) is 0.184. The Bertz CT molecular complexity index is 1360. The van der Waals surface area contributed by atoms with Crippen LogP contribution in [0.1, 0.15) is 47.8 Å². The lowest BCUT2D eigenvalue weighted by molar-refractivity contribution is -0.140. The van der Waals surface area contributed by atoms with Crippen LogP contribution in [0.15, 0.2) is 65.8 Å². The number of carbonyl (C=O) groups excluding carboxylic acids is 2. The Morgan fingerprint density at radius 1 is 0.871 bits per heavy atom. The summed E-state index contributed by atoms with van der Waals surface area (Å²) in [5.41, 5.74) is 6.03. The van der Waals surface area contributed by atoms with E-state index in [1.54, 1.807) is 6.92 Å². The molecular formula is C26H24N2O3. The second kappa shape index (κ2) is 8.19. The van der Waals surface area contributed by atoms with E-state index in [9.17, 15) is 9.59 Å². The van der Waals surface area contributed by atoms with Crippen LogP contribution in [0, 0.1) is 6.92 Å². The Labute approximate surface area is 180 Å². The number of oxime groups is 1. The van der Waals surface area contributed by atoms with Gasteiger partial charge in [0, 0.05) is 46.4 Å². The molecule has 0 radical (unpaired) electrons. The molecule has 0 aliphatic carbocycles. The van der Waals surface area contributed by atoms with E-state index >= 15 is 0 Å². The standard InChI is InChI=1S/C26H24N2O3/c1-5-28-24-11-9-19(17(3)27-31-18(4)29)14-22(24)23-15-21(10-12-25(23)28)26(30)20-8-6-7-16(2)13-20/h6-15H,5H2,1-4H3/b27-17+. The summed E-state index contributed by atoms with van der Waals surface area (Å²) < 4.78 is 2.23. The van der Waals surface area contributed by atoms with Gasteiger partial charge in [0.05, 0.1) is 5.71 Å². The molecule has 0 saturated heterocycles. The molecule has 0 fully saturated rings. The maximum absolute atomic E-state index is 13.1. The van der Waals surface area contributed by atoms with Crippen molar-refractivity contribution in [3.8, 4) is 0 Å². The van der Waals surface area contributed by atoms with Crippen LogP contribution < -0.4 is 0 Å². The van der Waals surface area contributed by atoms with Gasteiger partial charge in [0.25, 0.3) is 0 Å². The van der Waals surface area contributed by atoms with Crippen molar-refractivity contribution < 1.29 is 14.4 Å². The zero-order valence-corrected chi connectivity index (χ0v) is 18.1. The minimum Gasteiger partial charge on any atom is -0.341 e. The molecule has 0 spiro atoms. The molecule has 0 N–H and O–H groups in total. The highest BCUT2D eigenvalue weighted by atomic mass is 16.7. The molecule has 4 rings (SSSR count). The third-order valence-electron chi connectivity index (χ3n) is 5.45. The zero-order chi connectivity index (χ0) is 22.1. The third kappa shape index (κ3) is 3.87. The minimum atomic E-state index is -0.456. The van der Waals surface area contributed by atoms with Gasteiger partial charge in [0.1, 0.15) is 0 Å². The van der Waals surface area contributed by atoms with Gasteiger partial charge >= 0.3 is 5.97 Å². The van der Waals surface area contributed by atoms with Gasteiger partial charge in [-0.1, -0.05) is 35.0 Å². The summed E-state index contributed by atoms with van der Waals surface area (Å²) in [6.07, 6.45) is 0. The molecule has 5 heteroatoms. The smallest absolute Gasteiger partial charge is 0.331 e. The van der Waals surface area contributed by atoms with Crippen LogP contribution in [0.3, 0.4) is 0 Å². The monoisotopic (exact) mass is 412 g/mol. The van der Waals surface area contributed by atoms with Crippen molar-refractivity contribution in [1.82, 2.24) is 4.57 Å². The fourth-order valence-electron chi connectivity index (χ4n) is 3.95. The predicted molar refractivity (Wildman–Crippen MR) is 124 cm³/mol. The molecule has 0 atom stereocenters. The number of ketones is 1. The zero-order valence-electron chi connectivity index (χ0n) is 18.1. The number of aromatic nitrogens is 1. The first-order valence-corrected chi connectivity index (χ1v) is 10.3. The van der Waals surface area contributed by atoms with Crippen LogP contribution in [-0.2, 0) is 16.2 Å². The molecule has 1 heterocycles. The molecule has 1 aromatic heterocycles. The summed E-state index contributed by atoms with van der Waals surface area (Å²) in [4.78, 5) is 29.0. The van der Waals surface area contributed by atoms with Gasteiger partial charge in [-0.05, 0) is 62.7 Å². The average Bonchev–Trinajstić information content (AvgIpc) is 3.09. The summed E-state index contributed by atoms with van der Waals surface area (Å²) in [7, 11) is 0. The molecule has 0 amide bonds. The number of nitrogens with zero attached hydrogens (tertiary/aromatic N) is 2. The fraction of sp³-hybridized carbons (Fsp3) is 0.192. The lowest BCUT2D eigenvalue weighted by atomic mass is 9.99. The second-order valence-electron chi connectivity index (χ2n) is 7.67. The van der Waals surface area contributed by atoms with E-state index in [1.165, 1.54) is 6.92 Å². The summed E-state index contributed by atoms with van der Waals surface area (Å²) in [6.45, 7) is 8.02. The molecule has 0 saturated carbocycles. The van der Waals surface area contributed by atoms with Crippen molar-refractivity contribution >= 4 is 39.3 Å². The topological polar surface area (TPSA) is 60.7 Å². The summed E-state index contributed by atoms with van der Waals surface area (Å²) in [6, 6.07) is 19.6. The van der Waals surface area contributed by atoms with E-state index in [0.29, 0.717) is 16.8 Å². The van der Waals surface area contributed by atoms with Crippen LogP contribution in [-0.4, -0.2) is 22.0 Å². The summed E-state index contributed by atoms with van der Waals surface area (Å²) in [5, 5.41) is 5.95. The normalized spacial score (nSPS) is 11.8. The molecule has 0 aliphatic heterocycles. The average molecular weight is 412 g/mol. The number of hydrogen-bond donors (Lipinski definition) is 0. The predicted octanol–water partition coefficient (Wildman–Crippen LogP) is 5.64. The van der Waals surface area contributed by atoms with Crippen molar-refractivity contribution in [1.29, 1.82) is 0 Å². The number of fused-ring (bicyclic) bond motifs is 3. The van der Waals surface area contributed by atoms with Crippen molar-refractivity contribution in [2.45, 2.75) is 34.2 Å². The largest absolute Gasteiger partial charge is 0.341 e. The Balaban J connectivity index is 1.87. The number of carbonyl (C=O) groups is 2. The minimum absolute atomic E-state index is 0.00625. The maximum atomic E-state index is 13.1. The highest BCUT2D eigenvalue weighted by molar-refractivity contribution is 6.16. The van der Waals surface area contributed by atoms with Gasteiger partial charge in [-0.3, -0.25) is 4.79 Å². The van der Waals surface area contributed by atoms with E-state index in [0.717, 1.165) is 39.5 Å². The van der Waals surface area contributed by atoms with E-state index in [2.05, 4.69) is 16.6 Å². The van der Waals surface area contributed by atoms with Crippen molar-refractivity contribution in [2.75, 3.05) is 0 Å².